The van der Waals surface area contributed by atoms with Crippen molar-refractivity contribution >= 4 is 16.8 Å². The van der Waals surface area contributed by atoms with E-state index in [1.807, 2.05) is 55.4 Å². The Balaban J connectivity index is 2.23. The minimum Gasteiger partial charge on any atom is -0.331 e. The number of carbonyl (C=O) groups excluding carboxylic acids is 1. The minimum absolute atomic E-state index is 0.0963. The molecule has 6 nitrogen and oxygen atoms in total. The summed E-state index contributed by atoms with van der Waals surface area (Å²) in [6.45, 7) is 9.60. The van der Waals surface area contributed by atoms with Gasteiger partial charge >= 0.3 is 0 Å². The fourth-order valence-electron chi connectivity index (χ4n) is 4.27. The van der Waals surface area contributed by atoms with E-state index in [0.717, 1.165) is 18.7 Å². The molecule has 0 spiro atoms. The summed E-state index contributed by atoms with van der Waals surface area (Å²) >= 11 is 0. The van der Waals surface area contributed by atoms with Crippen LogP contribution in [0.1, 0.15) is 58.0 Å². The van der Waals surface area contributed by atoms with E-state index in [0.29, 0.717) is 36.1 Å². The van der Waals surface area contributed by atoms with Gasteiger partial charge in [0.2, 0.25) is 5.91 Å². The highest BCUT2D eigenvalue weighted by atomic mass is 16.2. The second-order valence-corrected chi connectivity index (χ2v) is 9.56. The SMILES string of the molecule is CCc1ccc(-n2c(C(CC)N(CCN(C)C)C(=O)CC(C)C)nc3ccccc3c2=O)cc1. The Morgan fingerprint density at radius 2 is 1.68 bits per heavy atom. The first-order valence-electron chi connectivity index (χ1n) is 12.3. The number of hydrogen-bond donors (Lipinski definition) is 0. The number of rotatable bonds is 10. The lowest BCUT2D eigenvalue weighted by Gasteiger charge is -2.33. The number of hydrogen-bond acceptors (Lipinski definition) is 4. The predicted molar refractivity (Wildman–Crippen MR) is 139 cm³/mol. The largest absolute Gasteiger partial charge is 0.331 e. The smallest absolute Gasteiger partial charge is 0.266 e. The van der Waals surface area contributed by atoms with Crippen LogP contribution in [0.3, 0.4) is 0 Å². The van der Waals surface area contributed by atoms with Crippen molar-refractivity contribution in [3.63, 3.8) is 0 Å². The van der Waals surface area contributed by atoms with Gasteiger partial charge in [0.25, 0.3) is 5.56 Å². The number of benzene rings is 2. The number of aryl methyl sites for hydroxylation is 1. The first-order valence-corrected chi connectivity index (χ1v) is 12.3. The lowest BCUT2D eigenvalue weighted by atomic mass is 10.1. The second kappa shape index (κ2) is 11.4. The normalized spacial score (nSPS) is 12.5. The molecule has 1 atom stereocenters. The van der Waals surface area contributed by atoms with Crippen molar-refractivity contribution < 1.29 is 4.79 Å². The van der Waals surface area contributed by atoms with E-state index >= 15 is 0 Å². The number of amides is 1. The zero-order valence-corrected chi connectivity index (χ0v) is 21.4. The predicted octanol–water partition coefficient (Wildman–Crippen LogP) is 4.84. The average molecular weight is 463 g/mol. The molecular formula is C28H38N4O2. The van der Waals surface area contributed by atoms with Gasteiger partial charge in [0.05, 0.1) is 22.6 Å². The zero-order valence-electron chi connectivity index (χ0n) is 21.4. The summed E-state index contributed by atoms with van der Waals surface area (Å²) in [5.74, 6) is 0.963. The van der Waals surface area contributed by atoms with Gasteiger partial charge in [-0.1, -0.05) is 52.0 Å². The Bertz CT molecular complexity index is 1170. The van der Waals surface area contributed by atoms with Crippen molar-refractivity contribution in [2.45, 2.75) is 53.0 Å². The molecule has 1 unspecified atom stereocenters. The van der Waals surface area contributed by atoms with Crippen molar-refractivity contribution in [1.29, 1.82) is 0 Å². The first kappa shape index (κ1) is 25.6. The molecule has 3 rings (SSSR count). The number of likely N-dealkylation sites (N-methyl/N-ethyl adjacent to an activating group) is 1. The van der Waals surface area contributed by atoms with Crippen LogP contribution in [-0.4, -0.2) is 52.4 Å². The Morgan fingerprint density at radius 3 is 2.26 bits per heavy atom. The maximum Gasteiger partial charge on any atom is 0.266 e. The Kier molecular flexibility index (Phi) is 8.61. The van der Waals surface area contributed by atoms with Crippen molar-refractivity contribution in [3.8, 4) is 5.69 Å². The first-order chi connectivity index (χ1) is 16.3. The van der Waals surface area contributed by atoms with E-state index in [9.17, 15) is 9.59 Å². The van der Waals surface area contributed by atoms with Crippen LogP contribution in [0.5, 0.6) is 0 Å². The van der Waals surface area contributed by atoms with Crippen LogP contribution in [0.25, 0.3) is 16.6 Å². The molecule has 182 valence electrons. The summed E-state index contributed by atoms with van der Waals surface area (Å²) in [6.07, 6.45) is 2.06. The number of aromatic nitrogens is 2. The van der Waals surface area contributed by atoms with Crippen LogP contribution < -0.4 is 5.56 Å². The van der Waals surface area contributed by atoms with Gasteiger partial charge in [-0.05, 0) is 62.7 Å². The fourth-order valence-corrected chi connectivity index (χ4v) is 4.27. The molecule has 34 heavy (non-hydrogen) atoms. The van der Waals surface area contributed by atoms with E-state index in [1.165, 1.54) is 5.56 Å². The zero-order chi connectivity index (χ0) is 24.8. The van der Waals surface area contributed by atoms with E-state index in [1.54, 1.807) is 4.57 Å². The third kappa shape index (κ3) is 5.73. The van der Waals surface area contributed by atoms with Crippen LogP contribution >= 0.6 is 0 Å². The van der Waals surface area contributed by atoms with Gasteiger partial charge in [0.15, 0.2) is 0 Å². The van der Waals surface area contributed by atoms with Gasteiger partial charge in [-0.2, -0.15) is 0 Å². The monoisotopic (exact) mass is 462 g/mol. The quantitative estimate of drug-likeness (QED) is 0.433. The molecule has 0 N–H and O–H groups in total. The molecular weight excluding hydrogens is 424 g/mol. The number of carbonyl (C=O) groups is 1. The summed E-state index contributed by atoms with van der Waals surface area (Å²) < 4.78 is 1.71. The van der Waals surface area contributed by atoms with Crippen molar-refractivity contribution in [1.82, 2.24) is 19.4 Å². The molecule has 3 aromatic rings. The van der Waals surface area contributed by atoms with Crippen molar-refractivity contribution in [3.05, 3.63) is 70.3 Å². The second-order valence-electron chi connectivity index (χ2n) is 9.56. The Labute approximate surface area is 203 Å². The molecule has 1 aromatic heterocycles. The van der Waals surface area contributed by atoms with Gasteiger partial charge in [-0.3, -0.25) is 14.2 Å². The molecule has 0 aliphatic carbocycles. The van der Waals surface area contributed by atoms with Crippen LogP contribution in [0.4, 0.5) is 0 Å². The van der Waals surface area contributed by atoms with Gasteiger partial charge in [-0.15, -0.1) is 0 Å². The maximum absolute atomic E-state index is 13.8. The van der Waals surface area contributed by atoms with Gasteiger partial charge < -0.3 is 9.80 Å². The molecule has 1 heterocycles. The van der Waals surface area contributed by atoms with Crippen molar-refractivity contribution in [2.24, 2.45) is 5.92 Å². The molecule has 0 aliphatic heterocycles. The van der Waals surface area contributed by atoms with E-state index in [2.05, 4.69) is 44.7 Å². The average Bonchev–Trinajstić information content (AvgIpc) is 2.81. The standard InChI is InChI=1S/C28H38N4O2/c1-7-21-13-15-22(16-14-21)32-27(29-24-12-10-9-11-23(24)28(32)34)25(8-2)31(18-17-30(5)6)26(33)19-20(3)4/h9-16,20,25H,7-8,17-19H2,1-6H3. The summed E-state index contributed by atoms with van der Waals surface area (Å²) in [7, 11) is 4.01. The highest BCUT2D eigenvalue weighted by molar-refractivity contribution is 5.79. The third-order valence-corrected chi connectivity index (χ3v) is 6.16. The summed E-state index contributed by atoms with van der Waals surface area (Å²) in [6, 6.07) is 15.2. The Hall–Kier alpha value is -2.99. The maximum atomic E-state index is 13.8. The molecule has 0 bridgehead atoms. The Morgan fingerprint density at radius 1 is 1.00 bits per heavy atom. The van der Waals surface area contributed by atoms with Crippen molar-refractivity contribution in [2.75, 3.05) is 27.2 Å². The number of para-hydroxylation sites is 1. The molecule has 1 amide bonds. The van der Waals surface area contributed by atoms with E-state index < -0.39 is 0 Å². The molecule has 0 saturated carbocycles. The number of nitrogens with zero attached hydrogens (tertiary/aromatic N) is 4. The number of fused-ring (bicyclic) bond motifs is 1. The topological polar surface area (TPSA) is 58.4 Å². The van der Waals surface area contributed by atoms with Gasteiger partial charge in [-0.25, -0.2) is 4.98 Å². The molecule has 0 saturated heterocycles. The van der Waals surface area contributed by atoms with Gasteiger partial charge in [0.1, 0.15) is 5.82 Å². The van der Waals surface area contributed by atoms with Crippen LogP contribution in [0.2, 0.25) is 0 Å². The minimum atomic E-state index is -0.311. The lowest BCUT2D eigenvalue weighted by molar-refractivity contribution is -0.135. The lowest BCUT2D eigenvalue weighted by Crippen LogP contribution is -2.42. The van der Waals surface area contributed by atoms with E-state index in [4.69, 9.17) is 4.98 Å². The highest BCUT2D eigenvalue weighted by Crippen LogP contribution is 2.27. The third-order valence-electron chi connectivity index (χ3n) is 6.16. The molecule has 0 aliphatic rings. The molecule has 2 aromatic carbocycles. The fraction of sp³-hybridized carbons (Fsp3) is 0.464. The van der Waals surface area contributed by atoms with Crippen LogP contribution in [0.15, 0.2) is 53.3 Å². The highest BCUT2D eigenvalue weighted by Gasteiger charge is 2.29. The summed E-state index contributed by atoms with van der Waals surface area (Å²) in [5.41, 5.74) is 2.54. The summed E-state index contributed by atoms with van der Waals surface area (Å²) in [5, 5.41) is 0.578. The summed E-state index contributed by atoms with van der Waals surface area (Å²) in [4.78, 5) is 36.2. The molecule has 0 fully saturated rings. The van der Waals surface area contributed by atoms with Crippen LogP contribution in [0, 0.1) is 5.92 Å². The molecule has 0 radical (unpaired) electrons. The van der Waals surface area contributed by atoms with Gasteiger partial charge in [0, 0.05) is 19.5 Å². The van der Waals surface area contributed by atoms with E-state index in [-0.39, 0.29) is 23.4 Å². The van der Waals surface area contributed by atoms with Crippen LogP contribution in [-0.2, 0) is 11.2 Å². The molecule has 6 heteroatoms.